The summed E-state index contributed by atoms with van der Waals surface area (Å²) in [6.07, 6.45) is 2.08. The van der Waals surface area contributed by atoms with Gasteiger partial charge in [-0.3, -0.25) is 19.8 Å². The molecule has 1 fully saturated rings. The molecular formula is C15H21N3O2. The van der Waals surface area contributed by atoms with E-state index in [9.17, 15) is 9.59 Å². The molecule has 1 heterocycles. The molecule has 1 aromatic carbocycles. The molecule has 0 aliphatic carbocycles. The predicted molar refractivity (Wildman–Crippen MR) is 77.4 cm³/mol. The molecule has 0 atom stereocenters. The Morgan fingerprint density at radius 2 is 1.90 bits per heavy atom. The largest absolute Gasteiger partial charge is 0.317 e. The first-order valence-electron chi connectivity index (χ1n) is 6.97. The minimum absolute atomic E-state index is 0.250. The molecule has 1 aromatic rings. The molecule has 2 N–H and O–H groups in total. The molecule has 1 saturated heterocycles. The molecule has 5 heteroatoms. The van der Waals surface area contributed by atoms with Crippen molar-refractivity contribution in [2.24, 2.45) is 0 Å². The van der Waals surface area contributed by atoms with Crippen molar-refractivity contribution < 1.29 is 9.59 Å². The molecule has 0 radical (unpaired) electrons. The van der Waals surface area contributed by atoms with Gasteiger partial charge in [0.05, 0.1) is 6.54 Å². The zero-order valence-electron chi connectivity index (χ0n) is 11.8. The lowest BCUT2D eigenvalue weighted by atomic mass is 10.1. The maximum Gasteiger partial charge on any atom is 0.257 e. The third-order valence-corrected chi connectivity index (χ3v) is 3.61. The Labute approximate surface area is 119 Å². The van der Waals surface area contributed by atoms with Gasteiger partial charge >= 0.3 is 0 Å². The first-order chi connectivity index (χ1) is 9.66. The zero-order valence-corrected chi connectivity index (χ0v) is 11.8. The van der Waals surface area contributed by atoms with E-state index in [0.29, 0.717) is 11.6 Å². The third-order valence-electron chi connectivity index (χ3n) is 3.61. The lowest BCUT2D eigenvalue weighted by molar-refractivity contribution is -0.121. The van der Waals surface area contributed by atoms with Crippen LogP contribution in [0.25, 0.3) is 0 Å². The molecule has 2 rings (SSSR count). The number of amides is 2. The topological polar surface area (TPSA) is 61.4 Å². The van der Waals surface area contributed by atoms with Crippen molar-refractivity contribution in [1.29, 1.82) is 0 Å². The van der Waals surface area contributed by atoms with Gasteiger partial charge in [0.2, 0.25) is 5.91 Å². The fourth-order valence-corrected chi connectivity index (χ4v) is 2.43. The summed E-state index contributed by atoms with van der Waals surface area (Å²) in [7, 11) is 1.93. The van der Waals surface area contributed by atoms with Gasteiger partial charge in [0, 0.05) is 11.6 Å². The summed E-state index contributed by atoms with van der Waals surface area (Å²) in [5.41, 5.74) is 0.505. The highest BCUT2D eigenvalue weighted by molar-refractivity contribution is 6.05. The molecule has 108 valence electrons. The number of hydrogen-bond acceptors (Lipinski definition) is 4. The monoisotopic (exact) mass is 275 g/mol. The Hall–Kier alpha value is -1.72. The standard InChI is InChI=1S/C15H21N3O2/c1-18(13-7-9-16-10-8-13)11-14(19)17-15(20)12-5-3-2-4-6-12/h2-6,13,16H,7-11H2,1H3,(H,17,19,20). The Bertz CT molecular complexity index is 455. The van der Waals surface area contributed by atoms with Crippen LogP contribution in [0, 0.1) is 0 Å². The summed E-state index contributed by atoms with van der Waals surface area (Å²) in [4.78, 5) is 25.8. The van der Waals surface area contributed by atoms with Crippen molar-refractivity contribution in [2.75, 3.05) is 26.7 Å². The molecule has 2 amide bonds. The Balaban J connectivity index is 1.81. The molecule has 0 bridgehead atoms. The van der Waals surface area contributed by atoms with Gasteiger partial charge in [-0.2, -0.15) is 0 Å². The van der Waals surface area contributed by atoms with Crippen LogP contribution in [0.15, 0.2) is 30.3 Å². The maximum absolute atomic E-state index is 11.9. The average Bonchev–Trinajstić information content (AvgIpc) is 2.49. The number of imide groups is 1. The second-order valence-corrected chi connectivity index (χ2v) is 5.14. The van der Waals surface area contributed by atoms with Crippen molar-refractivity contribution in [3.05, 3.63) is 35.9 Å². The van der Waals surface area contributed by atoms with Crippen LogP contribution >= 0.6 is 0 Å². The molecule has 20 heavy (non-hydrogen) atoms. The molecule has 1 aliphatic heterocycles. The molecular weight excluding hydrogens is 254 g/mol. The van der Waals surface area contributed by atoms with E-state index in [2.05, 4.69) is 10.6 Å². The molecule has 0 aromatic heterocycles. The van der Waals surface area contributed by atoms with Gasteiger partial charge in [0.25, 0.3) is 5.91 Å². The highest BCUT2D eigenvalue weighted by Gasteiger charge is 2.20. The quantitative estimate of drug-likeness (QED) is 0.846. The van der Waals surface area contributed by atoms with Crippen molar-refractivity contribution in [2.45, 2.75) is 18.9 Å². The van der Waals surface area contributed by atoms with Crippen LogP contribution < -0.4 is 10.6 Å². The number of rotatable bonds is 4. The van der Waals surface area contributed by atoms with Gasteiger partial charge in [-0.05, 0) is 45.1 Å². The van der Waals surface area contributed by atoms with Crippen molar-refractivity contribution >= 4 is 11.8 Å². The Morgan fingerprint density at radius 1 is 1.25 bits per heavy atom. The zero-order chi connectivity index (χ0) is 14.4. The number of likely N-dealkylation sites (N-methyl/N-ethyl adjacent to an activating group) is 1. The van der Waals surface area contributed by atoms with Gasteiger partial charge in [-0.25, -0.2) is 0 Å². The van der Waals surface area contributed by atoms with Crippen molar-refractivity contribution in [1.82, 2.24) is 15.5 Å². The molecule has 0 unspecified atom stereocenters. The number of hydrogen-bond donors (Lipinski definition) is 2. The highest BCUT2D eigenvalue weighted by atomic mass is 16.2. The SMILES string of the molecule is CN(CC(=O)NC(=O)c1ccccc1)C1CCNCC1. The van der Waals surface area contributed by atoms with Crippen LogP contribution in [0.1, 0.15) is 23.2 Å². The van der Waals surface area contributed by atoms with Crippen molar-refractivity contribution in [3.8, 4) is 0 Å². The fourth-order valence-electron chi connectivity index (χ4n) is 2.43. The highest BCUT2D eigenvalue weighted by Crippen LogP contribution is 2.09. The summed E-state index contributed by atoms with van der Waals surface area (Å²) in [5, 5.41) is 5.73. The van der Waals surface area contributed by atoms with Crippen LogP contribution in [-0.2, 0) is 4.79 Å². The number of carbonyl (C=O) groups is 2. The second kappa shape index (κ2) is 7.17. The second-order valence-electron chi connectivity index (χ2n) is 5.14. The van der Waals surface area contributed by atoms with Gasteiger partial charge in [-0.1, -0.05) is 18.2 Å². The lowest BCUT2D eigenvalue weighted by Crippen LogP contribution is -2.46. The first kappa shape index (κ1) is 14.7. The van der Waals surface area contributed by atoms with E-state index < -0.39 is 0 Å². The molecule has 0 spiro atoms. The minimum Gasteiger partial charge on any atom is -0.317 e. The predicted octanol–water partition coefficient (Wildman–Crippen LogP) is 0.627. The van der Waals surface area contributed by atoms with Gasteiger partial charge in [-0.15, -0.1) is 0 Å². The van der Waals surface area contributed by atoms with E-state index in [1.54, 1.807) is 24.3 Å². The van der Waals surface area contributed by atoms with E-state index in [4.69, 9.17) is 0 Å². The normalized spacial score (nSPS) is 16.1. The number of piperidine rings is 1. The number of benzene rings is 1. The fraction of sp³-hybridized carbons (Fsp3) is 0.467. The van der Waals surface area contributed by atoms with Crippen LogP contribution in [0.5, 0.6) is 0 Å². The lowest BCUT2D eigenvalue weighted by Gasteiger charge is -2.30. The van der Waals surface area contributed by atoms with Crippen LogP contribution in [0.2, 0.25) is 0 Å². The van der Waals surface area contributed by atoms with Crippen LogP contribution in [0.4, 0.5) is 0 Å². The molecule has 0 saturated carbocycles. The summed E-state index contributed by atoms with van der Waals surface area (Å²) >= 11 is 0. The van der Waals surface area contributed by atoms with E-state index in [1.807, 2.05) is 18.0 Å². The summed E-state index contributed by atoms with van der Waals surface area (Å²) < 4.78 is 0. The Morgan fingerprint density at radius 3 is 2.55 bits per heavy atom. The van der Waals surface area contributed by atoms with Gasteiger partial charge in [0.15, 0.2) is 0 Å². The molecule has 5 nitrogen and oxygen atoms in total. The Kier molecular flexibility index (Phi) is 5.26. The number of nitrogens with zero attached hydrogens (tertiary/aromatic N) is 1. The smallest absolute Gasteiger partial charge is 0.257 e. The first-order valence-corrected chi connectivity index (χ1v) is 6.97. The van der Waals surface area contributed by atoms with E-state index in [1.165, 1.54) is 0 Å². The van der Waals surface area contributed by atoms with E-state index in [0.717, 1.165) is 25.9 Å². The third kappa shape index (κ3) is 4.15. The van der Waals surface area contributed by atoms with Crippen LogP contribution in [0.3, 0.4) is 0 Å². The van der Waals surface area contributed by atoms with Gasteiger partial charge in [0.1, 0.15) is 0 Å². The number of nitrogens with one attached hydrogen (secondary N) is 2. The average molecular weight is 275 g/mol. The summed E-state index contributed by atoms with van der Waals surface area (Å²) in [6.45, 7) is 2.22. The number of carbonyl (C=O) groups excluding carboxylic acids is 2. The van der Waals surface area contributed by atoms with Crippen molar-refractivity contribution in [3.63, 3.8) is 0 Å². The van der Waals surface area contributed by atoms with E-state index in [-0.39, 0.29) is 18.4 Å². The minimum atomic E-state index is -0.339. The van der Waals surface area contributed by atoms with E-state index >= 15 is 0 Å². The summed E-state index contributed by atoms with van der Waals surface area (Å²) in [6, 6.07) is 9.19. The summed E-state index contributed by atoms with van der Waals surface area (Å²) in [5.74, 6) is -0.589. The van der Waals surface area contributed by atoms with Gasteiger partial charge < -0.3 is 5.32 Å². The maximum atomic E-state index is 11.9. The molecule has 1 aliphatic rings. The van der Waals surface area contributed by atoms with Crippen LogP contribution in [-0.4, -0.2) is 49.4 Å².